The topological polar surface area (TPSA) is 50.9 Å². The number of halogens is 2. The Labute approximate surface area is 94.4 Å². The second-order valence-electron chi connectivity index (χ2n) is 2.77. The fourth-order valence-corrected chi connectivity index (χ4v) is 1.92. The molecule has 0 fully saturated rings. The lowest BCUT2D eigenvalue weighted by molar-refractivity contribution is 0.797. The van der Waals surface area contributed by atoms with Crippen molar-refractivity contribution in [3.05, 3.63) is 21.2 Å². The molecule has 0 aliphatic heterocycles. The van der Waals surface area contributed by atoms with Gasteiger partial charge in [0.2, 0.25) is 0 Å². The van der Waals surface area contributed by atoms with E-state index < -0.39 is 0 Å². The monoisotopic (exact) mass is 307 g/mol. The van der Waals surface area contributed by atoms with Crippen molar-refractivity contribution in [1.29, 1.82) is 0 Å². The van der Waals surface area contributed by atoms with Crippen molar-refractivity contribution < 1.29 is 0 Å². The number of anilines is 1. The molecule has 3 nitrogen and oxygen atoms in total. The highest BCUT2D eigenvalue weighted by atomic mass is 79.9. The van der Waals surface area contributed by atoms with Crippen molar-refractivity contribution in [2.75, 3.05) is 11.9 Å². The summed E-state index contributed by atoms with van der Waals surface area (Å²) in [6, 6.07) is 2.17. The molecule has 1 heterocycles. The van der Waals surface area contributed by atoms with Crippen molar-refractivity contribution in [3.63, 3.8) is 0 Å². The van der Waals surface area contributed by atoms with Crippen LogP contribution >= 0.6 is 31.9 Å². The van der Waals surface area contributed by atoms with E-state index >= 15 is 0 Å². The maximum atomic E-state index is 5.49. The molecule has 1 atom stereocenters. The van der Waals surface area contributed by atoms with Crippen LogP contribution in [0.3, 0.4) is 0 Å². The molecular formula is C8H11Br2N3. The average molecular weight is 309 g/mol. The Morgan fingerprint density at radius 1 is 1.62 bits per heavy atom. The molecule has 0 bridgehead atoms. The first kappa shape index (κ1) is 10.9. The third-order valence-corrected chi connectivity index (χ3v) is 2.58. The van der Waals surface area contributed by atoms with Gasteiger partial charge >= 0.3 is 0 Å². The lowest BCUT2D eigenvalue weighted by Crippen LogP contribution is -2.25. The lowest BCUT2D eigenvalue weighted by atomic mass is 10.3. The summed E-state index contributed by atoms with van der Waals surface area (Å²) in [7, 11) is 0. The fourth-order valence-electron chi connectivity index (χ4n) is 0.813. The summed E-state index contributed by atoms with van der Waals surface area (Å²) in [6.45, 7) is 2.60. The summed E-state index contributed by atoms with van der Waals surface area (Å²) in [5, 5.41) is 3.18. The maximum Gasteiger partial charge on any atom is 0.140 e. The number of aromatic nitrogens is 1. The van der Waals surface area contributed by atoms with Gasteiger partial charge in [0.15, 0.2) is 0 Å². The number of nitrogens with one attached hydrogen (secondary N) is 1. The van der Waals surface area contributed by atoms with Gasteiger partial charge in [0.1, 0.15) is 5.82 Å². The van der Waals surface area contributed by atoms with Gasteiger partial charge in [-0.25, -0.2) is 4.98 Å². The van der Waals surface area contributed by atoms with Crippen LogP contribution in [-0.2, 0) is 0 Å². The first-order valence-corrected chi connectivity index (χ1v) is 5.49. The zero-order valence-electron chi connectivity index (χ0n) is 7.22. The number of nitrogens with zero attached hydrogens (tertiary/aromatic N) is 1. The summed E-state index contributed by atoms with van der Waals surface area (Å²) in [5.74, 6) is 0.821. The van der Waals surface area contributed by atoms with Crippen molar-refractivity contribution in [2.24, 2.45) is 5.73 Å². The minimum Gasteiger partial charge on any atom is -0.365 e. The van der Waals surface area contributed by atoms with Crippen LogP contribution in [0.5, 0.6) is 0 Å². The lowest BCUT2D eigenvalue weighted by Gasteiger charge is -2.13. The minimum atomic E-state index is 0.227. The Morgan fingerprint density at radius 3 is 2.85 bits per heavy atom. The molecule has 1 aromatic heterocycles. The maximum absolute atomic E-state index is 5.49. The van der Waals surface area contributed by atoms with Crippen LogP contribution in [-0.4, -0.2) is 17.6 Å². The average Bonchev–Trinajstić information content (AvgIpc) is 2.09. The number of pyridine rings is 1. The number of rotatable bonds is 3. The normalized spacial score (nSPS) is 12.6. The zero-order chi connectivity index (χ0) is 9.84. The van der Waals surface area contributed by atoms with Gasteiger partial charge in [-0.05, 0) is 44.8 Å². The highest BCUT2D eigenvalue weighted by Gasteiger charge is 2.04. The molecule has 0 radical (unpaired) electrons. The summed E-state index contributed by atoms with van der Waals surface area (Å²) < 4.78 is 1.88. The second kappa shape index (κ2) is 4.93. The molecule has 0 aliphatic carbocycles. The molecule has 72 valence electrons. The van der Waals surface area contributed by atoms with Gasteiger partial charge in [0.05, 0.1) is 4.47 Å². The molecule has 13 heavy (non-hydrogen) atoms. The molecule has 0 saturated carbocycles. The van der Waals surface area contributed by atoms with Crippen LogP contribution in [0.15, 0.2) is 21.2 Å². The van der Waals surface area contributed by atoms with E-state index in [1.807, 2.05) is 13.0 Å². The van der Waals surface area contributed by atoms with Crippen molar-refractivity contribution >= 4 is 37.7 Å². The van der Waals surface area contributed by atoms with E-state index in [-0.39, 0.29) is 6.04 Å². The quantitative estimate of drug-likeness (QED) is 0.901. The van der Waals surface area contributed by atoms with Crippen LogP contribution in [0.1, 0.15) is 6.92 Å². The Kier molecular flexibility index (Phi) is 4.15. The predicted octanol–water partition coefficient (Wildman–Crippen LogP) is 2.37. The molecule has 1 aromatic rings. The molecule has 0 aliphatic rings. The Bertz CT molecular complexity index is 291. The molecule has 1 unspecified atom stereocenters. The van der Waals surface area contributed by atoms with E-state index in [0.29, 0.717) is 6.54 Å². The summed E-state index contributed by atoms with van der Waals surface area (Å²) in [4.78, 5) is 4.21. The molecular weight excluding hydrogens is 298 g/mol. The summed E-state index contributed by atoms with van der Waals surface area (Å²) in [5.41, 5.74) is 5.49. The van der Waals surface area contributed by atoms with E-state index in [0.717, 1.165) is 14.8 Å². The molecule has 5 heteroatoms. The molecule has 0 saturated heterocycles. The number of hydrogen-bond donors (Lipinski definition) is 2. The largest absolute Gasteiger partial charge is 0.365 e. The van der Waals surface area contributed by atoms with Crippen molar-refractivity contribution in [1.82, 2.24) is 4.98 Å². The van der Waals surface area contributed by atoms with Crippen LogP contribution < -0.4 is 11.1 Å². The highest BCUT2D eigenvalue weighted by Crippen LogP contribution is 2.23. The van der Waals surface area contributed by atoms with Gasteiger partial charge in [0, 0.05) is 23.3 Å². The summed E-state index contributed by atoms with van der Waals surface area (Å²) in [6.07, 6.45) is 1.75. The molecule has 0 spiro atoms. The van der Waals surface area contributed by atoms with Gasteiger partial charge in [-0.1, -0.05) is 0 Å². The molecule has 0 amide bonds. The third kappa shape index (κ3) is 3.25. The van der Waals surface area contributed by atoms with Gasteiger partial charge in [-0.3, -0.25) is 0 Å². The first-order chi connectivity index (χ1) is 6.13. The van der Waals surface area contributed by atoms with Gasteiger partial charge in [-0.2, -0.15) is 0 Å². The second-order valence-corrected chi connectivity index (χ2v) is 4.54. The van der Waals surface area contributed by atoms with E-state index in [4.69, 9.17) is 5.73 Å². The van der Waals surface area contributed by atoms with Crippen LogP contribution in [0.2, 0.25) is 0 Å². The fraction of sp³-hybridized carbons (Fsp3) is 0.375. The first-order valence-electron chi connectivity index (χ1n) is 3.91. The molecule has 3 N–H and O–H groups in total. The van der Waals surface area contributed by atoms with Crippen LogP contribution in [0.4, 0.5) is 5.82 Å². The molecule has 0 aromatic carbocycles. The highest BCUT2D eigenvalue weighted by molar-refractivity contribution is 9.11. The van der Waals surface area contributed by atoms with Gasteiger partial charge < -0.3 is 11.1 Å². The molecule has 1 rings (SSSR count). The summed E-state index contributed by atoms with van der Waals surface area (Å²) >= 11 is 6.74. The zero-order valence-corrected chi connectivity index (χ0v) is 10.4. The van der Waals surface area contributed by atoms with E-state index in [1.165, 1.54) is 0 Å². The Morgan fingerprint density at radius 2 is 2.31 bits per heavy atom. The van der Waals surface area contributed by atoms with Crippen molar-refractivity contribution in [2.45, 2.75) is 13.0 Å². The van der Waals surface area contributed by atoms with E-state index in [9.17, 15) is 0 Å². The van der Waals surface area contributed by atoms with E-state index in [2.05, 4.69) is 42.2 Å². The van der Waals surface area contributed by atoms with Gasteiger partial charge in [0.25, 0.3) is 0 Å². The SMILES string of the molecule is CC(CN)Nc1ncc(Br)cc1Br. The number of nitrogens with two attached hydrogens (primary N) is 1. The van der Waals surface area contributed by atoms with Crippen LogP contribution in [0, 0.1) is 0 Å². The van der Waals surface area contributed by atoms with E-state index in [1.54, 1.807) is 6.20 Å². The number of hydrogen-bond acceptors (Lipinski definition) is 3. The minimum absolute atomic E-state index is 0.227. The van der Waals surface area contributed by atoms with Gasteiger partial charge in [-0.15, -0.1) is 0 Å². The standard InChI is InChI=1S/C8H11Br2N3/c1-5(3-11)13-8-7(10)2-6(9)4-12-8/h2,4-5H,3,11H2,1H3,(H,12,13). The Hall–Kier alpha value is -0.130. The van der Waals surface area contributed by atoms with Crippen molar-refractivity contribution in [3.8, 4) is 0 Å². The third-order valence-electron chi connectivity index (χ3n) is 1.54. The Balaban J connectivity index is 2.77. The van der Waals surface area contributed by atoms with Crippen LogP contribution in [0.25, 0.3) is 0 Å². The smallest absolute Gasteiger partial charge is 0.140 e. The predicted molar refractivity (Wildman–Crippen MR) is 61.8 cm³/mol.